The molecule has 0 atom stereocenters. The van der Waals surface area contributed by atoms with Crippen molar-refractivity contribution in [1.82, 2.24) is 9.78 Å². The van der Waals surface area contributed by atoms with Gasteiger partial charge in [-0.25, -0.2) is 4.68 Å². The fourth-order valence-electron chi connectivity index (χ4n) is 1.45. The van der Waals surface area contributed by atoms with Gasteiger partial charge in [0.25, 0.3) is 0 Å². The summed E-state index contributed by atoms with van der Waals surface area (Å²) in [6, 6.07) is 7.33. The minimum absolute atomic E-state index is 0.0495. The molecular formula is C11H10Cl2N2O. The van der Waals surface area contributed by atoms with E-state index < -0.39 is 0 Å². The summed E-state index contributed by atoms with van der Waals surface area (Å²) in [5, 5.41) is 14.1. The summed E-state index contributed by atoms with van der Waals surface area (Å²) in [6.45, 7) is 0.0495. The van der Waals surface area contributed by atoms with Crippen molar-refractivity contribution in [2.45, 2.75) is 6.42 Å². The fraction of sp³-hybridized carbons (Fsp3) is 0.182. The van der Waals surface area contributed by atoms with E-state index in [9.17, 15) is 0 Å². The van der Waals surface area contributed by atoms with Gasteiger partial charge in [0.15, 0.2) is 0 Å². The lowest BCUT2D eigenvalue weighted by Gasteiger charge is -2.05. The molecule has 1 aromatic carbocycles. The van der Waals surface area contributed by atoms with Crippen LogP contribution < -0.4 is 0 Å². The van der Waals surface area contributed by atoms with Crippen molar-refractivity contribution < 1.29 is 5.11 Å². The Morgan fingerprint density at radius 3 is 2.69 bits per heavy atom. The van der Waals surface area contributed by atoms with E-state index >= 15 is 0 Å². The van der Waals surface area contributed by atoms with Gasteiger partial charge < -0.3 is 5.11 Å². The fourth-order valence-corrected chi connectivity index (χ4v) is 1.94. The van der Waals surface area contributed by atoms with Gasteiger partial charge >= 0.3 is 0 Å². The van der Waals surface area contributed by atoms with E-state index in [1.807, 2.05) is 18.2 Å². The minimum atomic E-state index is 0.0495. The lowest BCUT2D eigenvalue weighted by atomic mass is 10.3. The Kier molecular flexibility index (Phi) is 3.49. The third kappa shape index (κ3) is 2.07. The number of aromatic nitrogens is 2. The van der Waals surface area contributed by atoms with Crippen LogP contribution in [0.4, 0.5) is 0 Å². The molecule has 0 bridgehead atoms. The van der Waals surface area contributed by atoms with Crippen LogP contribution in [0.15, 0.2) is 30.5 Å². The molecule has 2 aromatic rings. The molecule has 0 spiro atoms. The molecule has 0 aliphatic carbocycles. The van der Waals surface area contributed by atoms with Crippen molar-refractivity contribution in [1.29, 1.82) is 0 Å². The van der Waals surface area contributed by atoms with Gasteiger partial charge in [-0.3, -0.25) is 0 Å². The average Bonchev–Trinajstić information content (AvgIpc) is 2.62. The standard InChI is InChI=1S/C11H10Cl2N2O/c12-9-3-1-2-4-10(9)15-11(13)8(5-6-16)7-14-15/h1-4,7,16H,5-6H2. The number of benzene rings is 1. The highest BCUT2D eigenvalue weighted by atomic mass is 35.5. The molecule has 0 radical (unpaired) electrons. The number of hydrogen-bond acceptors (Lipinski definition) is 2. The number of aliphatic hydroxyl groups is 1. The van der Waals surface area contributed by atoms with Crippen LogP contribution in [0.3, 0.4) is 0 Å². The summed E-state index contributed by atoms with van der Waals surface area (Å²) < 4.78 is 1.56. The Bertz CT molecular complexity index is 496. The van der Waals surface area contributed by atoms with Crippen molar-refractivity contribution in [3.05, 3.63) is 46.2 Å². The first-order valence-corrected chi connectivity index (χ1v) is 5.58. The second-order valence-corrected chi connectivity index (χ2v) is 4.06. The first-order chi connectivity index (χ1) is 7.74. The molecule has 0 fully saturated rings. The van der Waals surface area contributed by atoms with Crippen molar-refractivity contribution in [3.63, 3.8) is 0 Å². The molecular weight excluding hydrogens is 247 g/mol. The largest absolute Gasteiger partial charge is 0.396 e. The third-order valence-corrected chi connectivity index (χ3v) is 2.96. The highest BCUT2D eigenvalue weighted by molar-refractivity contribution is 6.33. The van der Waals surface area contributed by atoms with E-state index in [-0.39, 0.29) is 6.61 Å². The number of aliphatic hydroxyl groups excluding tert-OH is 1. The zero-order valence-corrected chi connectivity index (χ0v) is 9.91. The Hall–Kier alpha value is -1.03. The van der Waals surface area contributed by atoms with Gasteiger partial charge in [0.05, 0.1) is 16.9 Å². The summed E-state index contributed by atoms with van der Waals surface area (Å²) in [5.41, 5.74) is 1.54. The molecule has 1 aromatic heterocycles. The molecule has 2 rings (SSSR count). The molecule has 5 heteroatoms. The van der Waals surface area contributed by atoms with E-state index in [0.717, 1.165) is 11.3 Å². The molecule has 3 nitrogen and oxygen atoms in total. The van der Waals surface area contributed by atoms with Crippen LogP contribution in [0.2, 0.25) is 10.2 Å². The third-order valence-electron chi connectivity index (χ3n) is 2.24. The number of halogens is 2. The number of hydrogen-bond donors (Lipinski definition) is 1. The topological polar surface area (TPSA) is 38.1 Å². The number of nitrogens with zero attached hydrogens (tertiary/aromatic N) is 2. The van der Waals surface area contributed by atoms with E-state index in [4.69, 9.17) is 28.3 Å². The second kappa shape index (κ2) is 4.87. The van der Waals surface area contributed by atoms with E-state index in [1.54, 1.807) is 16.9 Å². The highest BCUT2D eigenvalue weighted by Gasteiger charge is 2.11. The molecule has 0 unspecified atom stereocenters. The predicted molar refractivity (Wildman–Crippen MR) is 64.4 cm³/mol. The summed E-state index contributed by atoms with van der Waals surface area (Å²) in [5.74, 6) is 0. The maximum atomic E-state index is 8.86. The lowest BCUT2D eigenvalue weighted by molar-refractivity contribution is 0.299. The number of para-hydroxylation sites is 1. The van der Waals surface area contributed by atoms with Gasteiger partial charge in [0, 0.05) is 18.6 Å². The normalized spacial score (nSPS) is 10.7. The van der Waals surface area contributed by atoms with Crippen LogP contribution in [-0.4, -0.2) is 21.5 Å². The Balaban J connectivity index is 2.45. The first-order valence-electron chi connectivity index (χ1n) is 4.82. The van der Waals surface area contributed by atoms with Crippen molar-refractivity contribution >= 4 is 23.2 Å². The summed E-state index contributed by atoms with van der Waals surface area (Å²) in [7, 11) is 0. The van der Waals surface area contributed by atoms with Crippen molar-refractivity contribution in [2.24, 2.45) is 0 Å². The predicted octanol–water partition coefficient (Wildman–Crippen LogP) is 2.71. The van der Waals surface area contributed by atoms with Gasteiger partial charge in [0.2, 0.25) is 0 Å². The monoisotopic (exact) mass is 256 g/mol. The average molecular weight is 257 g/mol. The van der Waals surface area contributed by atoms with Crippen molar-refractivity contribution in [2.75, 3.05) is 6.61 Å². The summed E-state index contributed by atoms with van der Waals surface area (Å²) in [4.78, 5) is 0. The molecule has 1 N–H and O–H groups in total. The van der Waals surface area contributed by atoms with Crippen LogP contribution in [0.5, 0.6) is 0 Å². The van der Waals surface area contributed by atoms with Crippen LogP contribution >= 0.6 is 23.2 Å². The van der Waals surface area contributed by atoms with Gasteiger partial charge in [0.1, 0.15) is 5.15 Å². The van der Waals surface area contributed by atoms with E-state index in [1.165, 1.54) is 0 Å². The van der Waals surface area contributed by atoms with E-state index in [2.05, 4.69) is 5.10 Å². The maximum absolute atomic E-state index is 8.86. The maximum Gasteiger partial charge on any atom is 0.136 e. The molecule has 0 amide bonds. The van der Waals surface area contributed by atoms with Gasteiger partial charge in [-0.15, -0.1) is 0 Å². The number of rotatable bonds is 3. The smallest absolute Gasteiger partial charge is 0.136 e. The summed E-state index contributed by atoms with van der Waals surface area (Å²) >= 11 is 12.2. The van der Waals surface area contributed by atoms with E-state index in [0.29, 0.717) is 16.6 Å². The van der Waals surface area contributed by atoms with Crippen LogP contribution in [0.25, 0.3) is 5.69 Å². The first kappa shape index (κ1) is 11.5. The second-order valence-electron chi connectivity index (χ2n) is 3.30. The highest BCUT2D eigenvalue weighted by Crippen LogP contribution is 2.25. The molecule has 16 heavy (non-hydrogen) atoms. The van der Waals surface area contributed by atoms with Gasteiger partial charge in [-0.2, -0.15) is 5.10 Å². The van der Waals surface area contributed by atoms with Crippen LogP contribution in [-0.2, 0) is 6.42 Å². The van der Waals surface area contributed by atoms with Crippen LogP contribution in [0, 0.1) is 0 Å². The zero-order chi connectivity index (χ0) is 11.5. The Morgan fingerprint density at radius 2 is 2.00 bits per heavy atom. The quantitative estimate of drug-likeness (QED) is 0.917. The minimum Gasteiger partial charge on any atom is -0.396 e. The van der Waals surface area contributed by atoms with Crippen LogP contribution in [0.1, 0.15) is 5.56 Å². The summed E-state index contributed by atoms with van der Waals surface area (Å²) in [6.07, 6.45) is 2.13. The molecule has 0 saturated heterocycles. The Morgan fingerprint density at radius 1 is 1.25 bits per heavy atom. The molecule has 1 heterocycles. The molecule has 0 saturated carbocycles. The van der Waals surface area contributed by atoms with Crippen molar-refractivity contribution in [3.8, 4) is 5.69 Å². The molecule has 0 aliphatic rings. The van der Waals surface area contributed by atoms with Gasteiger partial charge in [-0.1, -0.05) is 35.3 Å². The molecule has 84 valence electrons. The van der Waals surface area contributed by atoms with Gasteiger partial charge in [-0.05, 0) is 12.1 Å². The zero-order valence-electron chi connectivity index (χ0n) is 8.40. The molecule has 0 aliphatic heterocycles. The Labute approximate surface area is 103 Å². The lowest BCUT2D eigenvalue weighted by Crippen LogP contribution is -1.97. The SMILES string of the molecule is OCCc1cnn(-c2ccccc2Cl)c1Cl.